The number of hydrogen-bond acceptors (Lipinski definition) is 3. The molecule has 0 aliphatic heterocycles. The van der Waals surface area contributed by atoms with Crippen LogP contribution in [0.1, 0.15) is 34.0 Å². The Morgan fingerprint density at radius 3 is 2.75 bits per heavy atom. The Morgan fingerprint density at radius 1 is 1.56 bits per heavy atom. The van der Waals surface area contributed by atoms with Gasteiger partial charge in [0.15, 0.2) is 0 Å². The number of ether oxygens (including phenoxy) is 1. The zero-order valence-corrected chi connectivity index (χ0v) is 10.8. The molecule has 0 N–H and O–H groups in total. The zero-order chi connectivity index (χ0) is 12.1. The number of rotatable bonds is 3. The minimum atomic E-state index is -0.378. The number of esters is 1. The lowest BCUT2D eigenvalue weighted by Crippen LogP contribution is -2.09. The summed E-state index contributed by atoms with van der Waals surface area (Å²) < 4.78 is 4.96. The second-order valence-corrected chi connectivity index (χ2v) is 3.85. The van der Waals surface area contributed by atoms with Crippen LogP contribution < -0.4 is 0 Å². The van der Waals surface area contributed by atoms with E-state index in [1.54, 1.807) is 19.1 Å². The standard InChI is InChI=1S/C12H12BrNO2/c1-3-16-12(15)10-5-9(7-14)4-8(2)11(10)6-13/h4-5H,3,6H2,1-2H3. The fourth-order valence-electron chi connectivity index (χ4n) is 1.45. The smallest absolute Gasteiger partial charge is 0.338 e. The molecule has 1 aromatic rings. The molecule has 0 saturated heterocycles. The molecule has 0 bridgehead atoms. The van der Waals surface area contributed by atoms with E-state index in [0.29, 0.717) is 23.1 Å². The van der Waals surface area contributed by atoms with Gasteiger partial charge < -0.3 is 4.74 Å². The van der Waals surface area contributed by atoms with Crippen molar-refractivity contribution >= 4 is 21.9 Å². The summed E-state index contributed by atoms with van der Waals surface area (Å²) in [6, 6.07) is 5.37. The summed E-state index contributed by atoms with van der Waals surface area (Å²) in [5, 5.41) is 9.42. The molecule has 84 valence electrons. The summed E-state index contributed by atoms with van der Waals surface area (Å²) in [4.78, 5) is 11.7. The highest BCUT2D eigenvalue weighted by Crippen LogP contribution is 2.20. The van der Waals surface area contributed by atoms with Crippen molar-refractivity contribution in [2.75, 3.05) is 6.61 Å². The summed E-state index contributed by atoms with van der Waals surface area (Å²) in [6.45, 7) is 3.96. The van der Waals surface area contributed by atoms with Crippen LogP contribution in [0, 0.1) is 18.3 Å². The number of halogens is 1. The van der Waals surface area contributed by atoms with E-state index in [9.17, 15) is 4.79 Å². The minimum Gasteiger partial charge on any atom is -0.462 e. The van der Waals surface area contributed by atoms with Gasteiger partial charge in [-0.2, -0.15) is 5.26 Å². The first-order valence-corrected chi connectivity index (χ1v) is 6.02. The molecule has 0 aliphatic carbocycles. The molecule has 0 atom stereocenters. The van der Waals surface area contributed by atoms with Gasteiger partial charge in [0.2, 0.25) is 0 Å². The normalized spacial score (nSPS) is 9.62. The van der Waals surface area contributed by atoms with Crippen LogP contribution in [-0.4, -0.2) is 12.6 Å². The number of carbonyl (C=O) groups excluding carboxylic acids is 1. The number of nitrogens with zero attached hydrogens (tertiary/aromatic N) is 1. The SMILES string of the molecule is CCOC(=O)c1cc(C#N)cc(C)c1CBr. The van der Waals surface area contributed by atoms with Crippen molar-refractivity contribution in [3.63, 3.8) is 0 Å². The quantitative estimate of drug-likeness (QED) is 0.632. The molecule has 4 heteroatoms. The van der Waals surface area contributed by atoms with Crippen molar-refractivity contribution in [1.82, 2.24) is 0 Å². The Balaban J connectivity index is 3.29. The van der Waals surface area contributed by atoms with E-state index >= 15 is 0 Å². The van der Waals surface area contributed by atoms with Crippen molar-refractivity contribution in [3.8, 4) is 6.07 Å². The lowest BCUT2D eigenvalue weighted by atomic mass is 10.00. The highest BCUT2D eigenvalue weighted by molar-refractivity contribution is 9.08. The number of alkyl halides is 1. The van der Waals surface area contributed by atoms with E-state index in [-0.39, 0.29) is 5.97 Å². The van der Waals surface area contributed by atoms with Crippen molar-refractivity contribution in [3.05, 3.63) is 34.4 Å². The molecule has 3 nitrogen and oxygen atoms in total. The fourth-order valence-corrected chi connectivity index (χ4v) is 2.19. The molecule has 16 heavy (non-hydrogen) atoms. The highest BCUT2D eigenvalue weighted by atomic mass is 79.9. The van der Waals surface area contributed by atoms with Crippen molar-refractivity contribution in [2.24, 2.45) is 0 Å². The fraction of sp³-hybridized carbons (Fsp3) is 0.333. The van der Waals surface area contributed by atoms with Gasteiger partial charge >= 0.3 is 5.97 Å². The molecule has 0 amide bonds. The van der Waals surface area contributed by atoms with Crippen LogP contribution in [0.25, 0.3) is 0 Å². The Bertz CT molecular complexity index is 449. The Kier molecular flexibility index (Phi) is 4.51. The average molecular weight is 282 g/mol. The van der Waals surface area contributed by atoms with Gasteiger partial charge in [-0.3, -0.25) is 0 Å². The Labute approximate surface area is 103 Å². The molecule has 0 saturated carbocycles. The second-order valence-electron chi connectivity index (χ2n) is 3.29. The molecule has 0 aromatic heterocycles. The van der Waals surface area contributed by atoms with E-state index in [2.05, 4.69) is 15.9 Å². The van der Waals surface area contributed by atoms with E-state index in [1.165, 1.54) is 0 Å². The van der Waals surface area contributed by atoms with E-state index in [4.69, 9.17) is 10.00 Å². The van der Waals surface area contributed by atoms with Crippen molar-refractivity contribution in [1.29, 1.82) is 5.26 Å². The minimum absolute atomic E-state index is 0.330. The van der Waals surface area contributed by atoms with Crippen LogP contribution in [0.5, 0.6) is 0 Å². The van der Waals surface area contributed by atoms with Gasteiger partial charge in [-0.15, -0.1) is 0 Å². The number of carbonyl (C=O) groups is 1. The topological polar surface area (TPSA) is 50.1 Å². The molecular formula is C12H12BrNO2. The largest absolute Gasteiger partial charge is 0.462 e. The molecule has 1 aromatic carbocycles. The third-order valence-electron chi connectivity index (χ3n) is 2.23. The van der Waals surface area contributed by atoms with E-state index < -0.39 is 0 Å². The van der Waals surface area contributed by atoms with Gasteiger partial charge in [0.1, 0.15) is 0 Å². The molecule has 0 heterocycles. The number of nitriles is 1. The van der Waals surface area contributed by atoms with Crippen LogP contribution >= 0.6 is 15.9 Å². The maximum absolute atomic E-state index is 11.7. The highest BCUT2D eigenvalue weighted by Gasteiger charge is 2.15. The average Bonchev–Trinajstić information content (AvgIpc) is 2.28. The third kappa shape index (κ3) is 2.61. The number of benzene rings is 1. The maximum Gasteiger partial charge on any atom is 0.338 e. The maximum atomic E-state index is 11.7. The van der Waals surface area contributed by atoms with Gasteiger partial charge in [-0.25, -0.2) is 4.79 Å². The van der Waals surface area contributed by atoms with Gasteiger partial charge in [0, 0.05) is 5.33 Å². The Morgan fingerprint density at radius 2 is 2.25 bits per heavy atom. The van der Waals surface area contributed by atoms with Crippen molar-refractivity contribution < 1.29 is 9.53 Å². The molecule has 0 aliphatic rings. The molecule has 0 unspecified atom stereocenters. The van der Waals surface area contributed by atoms with Crippen molar-refractivity contribution in [2.45, 2.75) is 19.2 Å². The van der Waals surface area contributed by atoms with Gasteiger partial charge in [0.25, 0.3) is 0 Å². The summed E-state index contributed by atoms with van der Waals surface area (Å²) in [5.74, 6) is -0.378. The monoisotopic (exact) mass is 281 g/mol. The predicted molar refractivity (Wildman–Crippen MR) is 64.5 cm³/mol. The Hall–Kier alpha value is -1.34. The lowest BCUT2D eigenvalue weighted by Gasteiger charge is -2.10. The summed E-state index contributed by atoms with van der Waals surface area (Å²) >= 11 is 3.33. The molecule has 0 spiro atoms. The first kappa shape index (κ1) is 12.7. The van der Waals surface area contributed by atoms with E-state index in [1.807, 2.05) is 13.0 Å². The lowest BCUT2D eigenvalue weighted by molar-refractivity contribution is 0.0525. The first-order chi connectivity index (χ1) is 7.63. The summed E-state index contributed by atoms with van der Waals surface area (Å²) in [7, 11) is 0. The molecular weight excluding hydrogens is 270 g/mol. The number of hydrogen-bond donors (Lipinski definition) is 0. The number of aryl methyl sites for hydroxylation is 1. The zero-order valence-electron chi connectivity index (χ0n) is 9.21. The summed E-state index contributed by atoms with van der Waals surface area (Å²) in [5.41, 5.74) is 2.73. The van der Waals surface area contributed by atoms with Gasteiger partial charge in [0.05, 0.1) is 23.8 Å². The van der Waals surface area contributed by atoms with Crippen LogP contribution in [0.15, 0.2) is 12.1 Å². The van der Waals surface area contributed by atoms with Gasteiger partial charge in [-0.1, -0.05) is 15.9 Å². The van der Waals surface area contributed by atoms with Gasteiger partial charge in [-0.05, 0) is 37.1 Å². The molecule has 0 fully saturated rings. The van der Waals surface area contributed by atoms with Crippen LogP contribution in [0.4, 0.5) is 0 Å². The molecule has 1 rings (SSSR count). The third-order valence-corrected chi connectivity index (χ3v) is 2.79. The predicted octanol–water partition coefficient (Wildman–Crippen LogP) is 2.94. The second kappa shape index (κ2) is 5.66. The first-order valence-electron chi connectivity index (χ1n) is 4.90. The summed E-state index contributed by atoms with van der Waals surface area (Å²) in [6.07, 6.45) is 0. The van der Waals surface area contributed by atoms with Crippen LogP contribution in [-0.2, 0) is 10.1 Å². The van der Waals surface area contributed by atoms with E-state index in [0.717, 1.165) is 11.1 Å². The molecule has 0 radical (unpaired) electrons. The van der Waals surface area contributed by atoms with Crippen LogP contribution in [0.2, 0.25) is 0 Å². The van der Waals surface area contributed by atoms with Crippen LogP contribution in [0.3, 0.4) is 0 Å².